The molecule has 1 aromatic heterocycles. The highest BCUT2D eigenvalue weighted by Crippen LogP contribution is 2.56. The van der Waals surface area contributed by atoms with Crippen molar-refractivity contribution in [1.82, 2.24) is 20.1 Å². The summed E-state index contributed by atoms with van der Waals surface area (Å²) in [5.74, 6) is 7.85. The van der Waals surface area contributed by atoms with Crippen molar-refractivity contribution < 1.29 is 9.90 Å². The molecule has 2 heterocycles. The van der Waals surface area contributed by atoms with Gasteiger partial charge in [0.15, 0.2) is 0 Å². The van der Waals surface area contributed by atoms with E-state index in [1.807, 2.05) is 18.2 Å². The first-order valence-electron chi connectivity index (χ1n) is 12.7. The van der Waals surface area contributed by atoms with E-state index in [4.69, 9.17) is 11.6 Å². The maximum Gasteiger partial charge on any atom is 0.144 e. The van der Waals surface area contributed by atoms with Crippen LogP contribution in [0.1, 0.15) is 43.6 Å². The fourth-order valence-corrected chi connectivity index (χ4v) is 6.08. The fraction of sp³-hybridized carbons (Fsp3) is 0.393. The quantitative estimate of drug-likeness (QED) is 0.265. The van der Waals surface area contributed by atoms with E-state index in [9.17, 15) is 9.90 Å². The summed E-state index contributed by atoms with van der Waals surface area (Å²) in [6.45, 7) is 1.85. The van der Waals surface area contributed by atoms with Crippen molar-refractivity contribution in [2.75, 3.05) is 13.1 Å². The largest absolute Gasteiger partial charge is 0.507 e. The van der Waals surface area contributed by atoms with Crippen molar-refractivity contribution in [3.8, 4) is 17.0 Å². The summed E-state index contributed by atoms with van der Waals surface area (Å²) in [7, 11) is 0. The minimum absolute atomic E-state index is 0.202. The molecule has 6 rings (SSSR count). The number of benzene rings is 2. The molecule has 1 aliphatic heterocycles. The molecule has 0 bridgehead atoms. The van der Waals surface area contributed by atoms with Crippen LogP contribution in [0.3, 0.4) is 0 Å². The lowest BCUT2D eigenvalue weighted by Gasteiger charge is -2.60. The molecule has 1 unspecified atom stereocenters. The van der Waals surface area contributed by atoms with Gasteiger partial charge in [0.05, 0.1) is 17.4 Å². The average molecular weight is 485 g/mol. The molecular weight excluding hydrogens is 452 g/mol. The molecule has 36 heavy (non-hydrogen) atoms. The lowest BCUT2D eigenvalue weighted by molar-refractivity contribution is -0.114. The van der Waals surface area contributed by atoms with Gasteiger partial charge < -0.3 is 25.5 Å². The molecule has 0 amide bonds. The monoisotopic (exact) mass is 484 g/mol. The van der Waals surface area contributed by atoms with E-state index in [-0.39, 0.29) is 11.8 Å². The van der Waals surface area contributed by atoms with Crippen molar-refractivity contribution in [3.05, 3.63) is 66.1 Å². The second-order valence-corrected chi connectivity index (χ2v) is 10.8. The van der Waals surface area contributed by atoms with Crippen LogP contribution < -0.4 is 11.6 Å². The lowest BCUT2D eigenvalue weighted by atomic mass is 9.56. The number of nitrogens with zero attached hydrogens (tertiary/aromatic N) is 4. The molecule has 2 aromatic carbocycles. The van der Waals surface area contributed by atoms with Crippen LogP contribution in [-0.2, 0) is 4.79 Å². The van der Waals surface area contributed by atoms with Crippen molar-refractivity contribution in [1.29, 1.82) is 0 Å². The number of para-hydroxylation sites is 1. The Morgan fingerprint density at radius 2 is 1.92 bits per heavy atom. The topological polar surface area (TPSA) is 122 Å². The SMILES string of the molecule is N/C(=C\N(N)C(C=O)C1CCC1)N1CC2(CC(c3ccc4cc(-c5ccccc5O)nnc4c3)C2)C1. The van der Waals surface area contributed by atoms with Gasteiger partial charge in [0, 0.05) is 29.5 Å². The third kappa shape index (κ3) is 3.95. The number of carbonyl (C=O) groups excluding carboxylic acids is 1. The van der Waals surface area contributed by atoms with Gasteiger partial charge >= 0.3 is 0 Å². The van der Waals surface area contributed by atoms with Gasteiger partial charge in [-0.1, -0.05) is 30.7 Å². The number of rotatable bonds is 7. The number of likely N-dealkylation sites (tertiary alicyclic amines) is 1. The van der Waals surface area contributed by atoms with Crippen molar-refractivity contribution >= 4 is 17.2 Å². The van der Waals surface area contributed by atoms with Gasteiger partial charge in [0.2, 0.25) is 0 Å². The Bertz CT molecular complexity index is 1320. The number of hydrogen-bond acceptors (Lipinski definition) is 8. The highest BCUT2D eigenvalue weighted by molar-refractivity contribution is 5.83. The third-order valence-electron chi connectivity index (χ3n) is 8.44. The zero-order valence-corrected chi connectivity index (χ0v) is 20.3. The Kier molecular flexibility index (Phi) is 5.56. The first-order valence-corrected chi connectivity index (χ1v) is 12.7. The number of fused-ring (bicyclic) bond motifs is 1. The molecular formula is C28H32N6O2. The van der Waals surface area contributed by atoms with Gasteiger partial charge in [-0.15, -0.1) is 10.2 Å². The summed E-state index contributed by atoms with van der Waals surface area (Å²) in [4.78, 5) is 13.7. The third-order valence-corrected chi connectivity index (χ3v) is 8.44. The Balaban J connectivity index is 1.08. The van der Waals surface area contributed by atoms with Gasteiger partial charge in [-0.05, 0) is 67.3 Å². The molecule has 8 nitrogen and oxygen atoms in total. The maximum absolute atomic E-state index is 11.5. The second kappa shape index (κ2) is 8.78. The summed E-state index contributed by atoms with van der Waals surface area (Å²) in [6.07, 6.45) is 8.19. The highest BCUT2D eigenvalue weighted by atomic mass is 16.3. The number of nitrogens with two attached hydrogens (primary N) is 2. The van der Waals surface area contributed by atoms with Crippen LogP contribution in [0.15, 0.2) is 60.6 Å². The number of phenols is 1. The Hall–Kier alpha value is -3.65. The molecule has 186 valence electrons. The van der Waals surface area contributed by atoms with E-state index >= 15 is 0 Å². The summed E-state index contributed by atoms with van der Waals surface area (Å²) < 4.78 is 0. The number of hydrazine groups is 1. The number of hydrogen-bond donors (Lipinski definition) is 3. The van der Waals surface area contributed by atoms with E-state index in [2.05, 4.69) is 33.3 Å². The van der Waals surface area contributed by atoms with E-state index in [0.717, 1.165) is 56.0 Å². The van der Waals surface area contributed by atoms with Crippen LogP contribution in [0.4, 0.5) is 0 Å². The second-order valence-electron chi connectivity index (χ2n) is 10.8. The van der Waals surface area contributed by atoms with Crippen molar-refractivity contribution in [3.63, 3.8) is 0 Å². The number of aromatic nitrogens is 2. The zero-order valence-electron chi connectivity index (χ0n) is 20.3. The van der Waals surface area contributed by atoms with E-state index in [0.29, 0.717) is 34.3 Å². The minimum atomic E-state index is -0.286. The van der Waals surface area contributed by atoms with Gasteiger partial charge in [0.1, 0.15) is 23.9 Å². The smallest absolute Gasteiger partial charge is 0.144 e. The predicted octanol–water partition coefficient (Wildman–Crippen LogP) is 3.48. The number of carbonyl (C=O) groups is 1. The first-order chi connectivity index (χ1) is 17.4. The van der Waals surface area contributed by atoms with Gasteiger partial charge in [-0.25, -0.2) is 5.84 Å². The van der Waals surface area contributed by atoms with Crippen LogP contribution in [0, 0.1) is 11.3 Å². The summed E-state index contributed by atoms with van der Waals surface area (Å²) in [6, 6.07) is 15.3. The molecule has 0 radical (unpaired) electrons. The van der Waals surface area contributed by atoms with Crippen LogP contribution >= 0.6 is 0 Å². The number of aromatic hydroxyl groups is 1. The van der Waals surface area contributed by atoms with Gasteiger partial charge in [0.25, 0.3) is 0 Å². The molecule has 2 aliphatic carbocycles. The molecule has 3 fully saturated rings. The van der Waals surface area contributed by atoms with E-state index in [1.165, 1.54) is 17.0 Å². The van der Waals surface area contributed by atoms with E-state index < -0.39 is 0 Å². The molecule has 1 spiro atoms. The Morgan fingerprint density at radius 1 is 1.14 bits per heavy atom. The standard InChI is InChI=1S/C28H32N6O2/c29-27(14-34(30)25(15-35)18-4-3-5-18)33-16-28(17-33)12-21(13-28)19-8-9-20-11-24(32-31-23(20)10-19)22-6-1-2-7-26(22)36/h1-2,6-11,14-15,18,21,25,36H,3-5,12-13,16-17,29-30H2/b27-14+. The summed E-state index contributed by atoms with van der Waals surface area (Å²) >= 11 is 0. The number of aldehydes is 1. The lowest BCUT2D eigenvalue weighted by Crippen LogP contribution is -2.62. The molecule has 2 saturated carbocycles. The zero-order chi connectivity index (χ0) is 24.9. The molecule has 3 aliphatic rings. The summed E-state index contributed by atoms with van der Waals surface area (Å²) in [5.41, 5.74) is 10.1. The van der Waals surface area contributed by atoms with Crippen LogP contribution in [-0.4, -0.2) is 50.6 Å². The molecule has 1 saturated heterocycles. The highest BCUT2D eigenvalue weighted by Gasteiger charge is 2.53. The van der Waals surface area contributed by atoms with Crippen LogP contribution in [0.5, 0.6) is 5.75 Å². The Morgan fingerprint density at radius 3 is 2.61 bits per heavy atom. The van der Waals surface area contributed by atoms with E-state index in [1.54, 1.807) is 18.3 Å². The normalized spacial score (nSPS) is 20.5. The van der Waals surface area contributed by atoms with Crippen molar-refractivity contribution in [2.24, 2.45) is 22.9 Å². The van der Waals surface area contributed by atoms with Crippen LogP contribution in [0.2, 0.25) is 0 Å². The van der Waals surface area contributed by atoms with Crippen LogP contribution in [0.25, 0.3) is 22.2 Å². The number of phenolic OH excluding ortho intramolecular Hbond substituents is 1. The molecule has 3 aromatic rings. The molecule has 8 heteroatoms. The maximum atomic E-state index is 11.5. The molecule has 1 atom stereocenters. The molecule has 5 N–H and O–H groups in total. The van der Waals surface area contributed by atoms with Crippen molar-refractivity contribution in [2.45, 2.75) is 44.1 Å². The van der Waals surface area contributed by atoms with Gasteiger partial charge in [-0.3, -0.25) is 0 Å². The fourth-order valence-electron chi connectivity index (χ4n) is 6.08. The average Bonchev–Trinajstić information content (AvgIpc) is 2.79. The predicted molar refractivity (Wildman–Crippen MR) is 138 cm³/mol. The minimum Gasteiger partial charge on any atom is -0.507 e. The first kappa shape index (κ1) is 22.8. The Labute approximate surface area is 210 Å². The van der Waals surface area contributed by atoms with Gasteiger partial charge in [-0.2, -0.15) is 0 Å². The summed E-state index contributed by atoms with van der Waals surface area (Å²) in [5, 5.41) is 21.4.